The van der Waals surface area contributed by atoms with E-state index in [1.165, 1.54) is 6.42 Å². The summed E-state index contributed by atoms with van der Waals surface area (Å²) in [5.74, 6) is 0.0305. The van der Waals surface area contributed by atoms with Gasteiger partial charge in [0.1, 0.15) is 6.33 Å². The number of tetrazole rings is 1. The summed E-state index contributed by atoms with van der Waals surface area (Å²) in [5, 5.41) is 18.3. The summed E-state index contributed by atoms with van der Waals surface area (Å²) in [5.41, 5.74) is 0.681. The number of hydrogen-bond donors (Lipinski definition) is 1. The fourth-order valence-corrected chi connectivity index (χ4v) is 3.32. The Morgan fingerprint density at radius 3 is 2.82 bits per heavy atom. The first-order chi connectivity index (χ1) is 10.7. The molecular formula is C14H21N7O. The molecule has 22 heavy (non-hydrogen) atoms. The molecule has 1 N–H and O–H groups in total. The van der Waals surface area contributed by atoms with Gasteiger partial charge in [-0.3, -0.25) is 9.48 Å². The zero-order chi connectivity index (χ0) is 15.4. The number of rotatable bonds is 5. The Bertz CT molecular complexity index is 613. The summed E-state index contributed by atoms with van der Waals surface area (Å²) >= 11 is 0. The monoisotopic (exact) mass is 303 g/mol. The standard InChI is InChI=1S/C14H21N7O/c1-20-9-12(8-16-20)17-13(22)7-14(5-3-2-4-6-14)10-21-11-15-18-19-21/h8-9,11H,2-7,10H2,1H3,(H,17,22). The van der Waals surface area contributed by atoms with Crippen LogP contribution in [0.2, 0.25) is 0 Å². The molecule has 2 heterocycles. The van der Waals surface area contributed by atoms with Crippen LogP contribution in [0.4, 0.5) is 5.69 Å². The van der Waals surface area contributed by atoms with Gasteiger partial charge in [-0.05, 0) is 28.7 Å². The van der Waals surface area contributed by atoms with Crippen LogP contribution >= 0.6 is 0 Å². The maximum atomic E-state index is 12.4. The molecule has 2 aromatic heterocycles. The highest BCUT2D eigenvalue weighted by atomic mass is 16.1. The zero-order valence-electron chi connectivity index (χ0n) is 12.8. The number of amides is 1. The van der Waals surface area contributed by atoms with E-state index in [-0.39, 0.29) is 11.3 Å². The van der Waals surface area contributed by atoms with Crippen LogP contribution in [0.15, 0.2) is 18.7 Å². The van der Waals surface area contributed by atoms with Crippen molar-refractivity contribution in [1.29, 1.82) is 0 Å². The first-order valence-corrected chi connectivity index (χ1v) is 7.65. The van der Waals surface area contributed by atoms with E-state index in [9.17, 15) is 4.79 Å². The smallest absolute Gasteiger partial charge is 0.225 e. The number of carbonyl (C=O) groups excluding carboxylic acids is 1. The Kier molecular flexibility index (Phi) is 4.17. The minimum absolute atomic E-state index is 0.0305. The number of aryl methyl sites for hydroxylation is 1. The molecule has 8 nitrogen and oxygen atoms in total. The van der Waals surface area contributed by atoms with Crippen LogP contribution in [0.1, 0.15) is 38.5 Å². The van der Waals surface area contributed by atoms with E-state index in [2.05, 4.69) is 25.9 Å². The lowest BCUT2D eigenvalue weighted by Crippen LogP contribution is -2.34. The Hall–Kier alpha value is -2.25. The van der Waals surface area contributed by atoms with E-state index < -0.39 is 0 Å². The van der Waals surface area contributed by atoms with Gasteiger partial charge >= 0.3 is 0 Å². The summed E-state index contributed by atoms with van der Waals surface area (Å²) in [7, 11) is 1.83. The summed E-state index contributed by atoms with van der Waals surface area (Å²) in [6.45, 7) is 0.695. The Morgan fingerprint density at radius 1 is 1.36 bits per heavy atom. The molecule has 0 saturated heterocycles. The number of anilines is 1. The third kappa shape index (κ3) is 3.49. The van der Waals surface area contributed by atoms with Crippen molar-refractivity contribution in [1.82, 2.24) is 30.0 Å². The first kappa shape index (κ1) is 14.7. The van der Waals surface area contributed by atoms with Gasteiger partial charge in [-0.2, -0.15) is 5.10 Å². The van der Waals surface area contributed by atoms with Crippen molar-refractivity contribution in [3.05, 3.63) is 18.7 Å². The van der Waals surface area contributed by atoms with E-state index in [0.717, 1.165) is 31.4 Å². The molecule has 1 amide bonds. The summed E-state index contributed by atoms with van der Waals surface area (Å²) < 4.78 is 3.41. The molecule has 0 aromatic carbocycles. The van der Waals surface area contributed by atoms with Gasteiger partial charge in [0.05, 0.1) is 18.4 Å². The van der Waals surface area contributed by atoms with Crippen molar-refractivity contribution in [2.24, 2.45) is 12.5 Å². The second-order valence-electron chi connectivity index (χ2n) is 6.20. The molecule has 1 aliphatic carbocycles. The SMILES string of the molecule is Cn1cc(NC(=O)CC2(Cn3cnnn3)CCCCC2)cn1. The number of carbonyl (C=O) groups is 1. The molecule has 2 aromatic rings. The molecule has 0 unspecified atom stereocenters. The van der Waals surface area contributed by atoms with Crippen LogP contribution in [-0.2, 0) is 18.4 Å². The molecule has 1 fully saturated rings. The average molecular weight is 303 g/mol. The molecule has 0 atom stereocenters. The van der Waals surface area contributed by atoms with Gasteiger partial charge in [0.15, 0.2) is 0 Å². The molecule has 1 aliphatic rings. The average Bonchev–Trinajstić information content (AvgIpc) is 3.11. The first-order valence-electron chi connectivity index (χ1n) is 7.65. The Morgan fingerprint density at radius 2 is 2.18 bits per heavy atom. The van der Waals surface area contributed by atoms with Crippen molar-refractivity contribution in [3.8, 4) is 0 Å². The quantitative estimate of drug-likeness (QED) is 0.901. The van der Waals surface area contributed by atoms with E-state index in [4.69, 9.17) is 0 Å². The van der Waals surface area contributed by atoms with E-state index >= 15 is 0 Å². The molecule has 0 radical (unpaired) electrons. The fraction of sp³-hybridized carbons (Fsp3) is 0.643. The minimum Gasteiger partial charge on any atom is -0.323 e. The minimum atomic E-state index is -0.0556. The highest BCUT2D eigenvalue weighted by Gasteiger charge is 2.35. The van der Waals surface area contributed by atoms with Gasteiger partial charge < -0.3 is 5.32 Å². The number of aromatic nitrogens is 6. The van der Waals surface area contributed by atoms with E-state index in [1.807, 2.05) is 7.05 Å². The summed E-state index contributed by atoms with van der Waals surface area (Å²) in [6.07, 6.45) is 11.2. The van der Waals surface area contributed by atoms with Gasteiger partial charge in [0.2, 0.25) is 5.91 Å². The number of hydrogen-bond acceptors (Lipinski definition) is 5. The normalized spacial score (nSPS) is 17.3. The largest absolute Gasteiger partial charge is 0.323 e. The van der Waals surface area contributed by atoms with Gasteiger partial charge in [-0.15, -0.1) is 5.10 Å². The molecule has 118 valence electrons. The predicted molar refractivity (Wildman–Crippen MR) is 79.8 cm³/mol. The Labute approximate surface area is 128 Å². The van der Waals surface area contributed by atoms with Gasteiger partial charge in [-0.25, -0.2) is 4.68 Å². The second-order valence-corrected chi connectivity index (χ2v) is 6.20. The van der Waals surface area contributed by atoms with Crippen LogP contribution in [0, 0.1) is 5.41 Å². The molecular weight excluding hydrogens is 282 g/mol. The molecule has 0 aliphatic heterocycles. The van der Waals surface area contributed by atoms with Crippen molar-refractivity contribution in [2.75, 3.05) is 5.32 Å². The van der Waals surface area contributed by atoms with Crippen LogP contribution in [-0.4, -0.2) is 35.9 Å². The predicted octanol–water partition coefficient (Wildman–Crippen LogP) is 1.39. The van der Waals surface area contributed by atoms with Crippen molar-refractivity contribution < 1.29 is 4.79 Å². The third-order valence-corrected chi connectivity index (χ3v) is 4.33. The lowest BCUT2D eigenvalue weighted by molar-refractivity contribution is -0.119. The van der Waals surface area contributed by atoms with Crippen molar-refractivity contribution in [2.45, 2.75) is 45.1 Å². The van der Waals surface area contributed by atoms with Crippen molar-refractivity contribution >= 4 is 11.6 Å². The van der Waals surface area contributed by atoms with E-state index in [1.54, 1.807) is 28.1 Å². The van der Waals surface area contributed by atoms with E-state index in [0.29, 0.717) is 13.0 Å². The molecule has 0 spiro atoms. The fourth-order valence-electron chi connectivity index (χ4n) is 3.32. The van der Waals surface area contributed by atoms with Gasteiger partial charge in [-0.1, -0.05) is 19.3 Å². The molecule has 3 rings (SSSR count). The number of nitrogens with one attached hydrogen (secondary N) is 1. The van der Waals surface area contributed by atoms with Crippen molar-refractivity contribution in [3.63, 3.8) is 0 Å². The Balaban J connectivity index is 1.68. The maximum absolute atomic E-state index is 12.4. The second kappa shape index (κ2) is 6.25. The highest BCUT2D eigenvalue weighted by molar-refractivity contribution is 5.90. The zero-order valence-corrected chi connectivity index (χ0v) is 12.8. The highest BCUT2D eigenvalue weighted by Crippen LogP contribution is 2.40. The van der Waals surface area contributed by atoms with Crippen LogP contribution in [0.3, 0.4) is 0 Å². The molecule has 1 saturated carbocycles. The summed E-state index contributed by atoms with van der Waals surface area (Å²) in [6, 6.07) is 0. The maximum Gasteiger partial charge on any atom is 0.225 e. The van der Waals surface area contributed by atoms with Gasteiger partial charge in [0, 0.05) is 19.7 Å². The topological polar surface area (TPSA) is 90.5 Å². The lowest BCUT2D eigenvalue weighted by atomic mass is 9.71. The summed E-state index contributed by atoms with van der Waals surface area (Å²) in [4.78, 5) is 12.4. The lowest BCUT2D eigenvalue weighted by Gasteiger charge is -2.36. The number of nitrogens with zero attached hydrogens (tertiary/aromatic N) is 6. The molecule has 8 heteroatoms. The van der Waals surface area contributed by atoms with Crippen LogP contribution in [0.5, 0.6) is 0 Å². The van der Waals surface area contributed by atoms with Crippen LogP contribution < -0.4 is 5.32 Å². The third-order valence-electron chi connectivity index (χ3n) is 4.33. The van der Waals surface area contributed by atoms with Gasteiger partial charge in [0.25, 0.3) is 0 Å². The van der Waals surface area contributed by atoms with Crippen LogP contribution in [0.25, 0.3) is 0 Å². The molecule has 0 bridgehead atoms.